The lowest BCUT2D eigenvalue weighted by molar-refractivity contribution is 0.217. The van der Waals surface area contributed by atoms with Crippen LogP contribution in [0.4, 0.5) is 4.79 Å². The van der Waals surface area contributed by atoms with Crippen LogP contribution in [0.1, 0.15) is 5.69 Å². The van der Waals surface area contributed by atoms with E-state index in [1.165, 1.54) is 0 Å². The minimum atomic E-state index is 0.0483. The minimum absolute atomic E-state index is 0.0483. The standard InChI is InChI=1S/C9H14N4O/c1-12-8(2-4-11-12)3-6-13-7-5-10-9(13)14/h2,4H,3,5-7H2,1H3,(H,10,14). The molecule has 0 radical (unpaired) electrons. The highest BCUT2D eigenvalue weighted by atomic mass is 16.2. The summed E-state index contributed by atoms with van der Waals surface area (Å²) in [6.45, 7) is 2.35. The van der Waals surface area contributed by atoms with Crippen molar-refractivity contribution >= 4 is 6.03 Å². The summed E-state index contributed by atoms with van der Waals surface area (Å²) in [6, 6.07) is 2.03. The zero-order valence-electron chi connectivity index (χ0n) is 8.23. The Morgan fingerprint density at radius 1 is 1.64 bits per heavy atom. The smallest absolute Gasteiger partial charge is 0.317 e. The second-order valence-electron chi connectivity index (χ2n) is 3.42. The Labute approximate surface area is 82.7 Å². The minimum Gasteiger partial charge on any atom is -0.336 e. The monoisotopic (exact) mass is 194 g/mol. The first-order valence-electron chi connectivity index (χ1n) is 4.77. The van der Waals surface area contributed by atoms with E-state index < -0.39 is 0 Å². The number of nitrogens with one attached hydrogen (secondary N) is 1. The molecule has 1 aliphatic rings. The molecule has 1 aliphatic heterocycles. The number of carbonyl (C=O) groups excluding carboxylic acids is 1. The molecule has 76 valence electrons. The summed E-state index contributed by atoms with van der Waals surface area (Å²) in [4.78, 5) is 13.0. The van der Waals surface area contributed by atoms with Crippen LogP contribution < -0.4 is 5.32 Å². The Bertz CT molecular complexity index is 333. The van der Waals surface area contributed by atoms with E-state index in [1.807, 2.05) is 22.7 Å². The molecule has 0 spiro atoms. The van der Waals surface area contributed by atoms with Crippen LogP contribution in [0, 0.1) is 0 Å². The van der Waals surface area contributed by atoms with Gasteiger partial charge in [0.1, 0.15) is 0 Å². The number of urea groups is 1. The van der Waals surface area contributed by atoms with Crippen LogP contribution in [0.25, 0.3) is 0 Å². The third-order valence-corrected chi connectivity index (χ3v) is 2.51. The average molecular weight is 194 g/mol. The van der Waals surface area contributed by atoms with Gasteiger partial charge in [-0.2, -0.15) is 5.10 Å². The molecule has 0 atom stereocenters. The van der Waals surface area contributed by atoms with Crippen molar-refractivity contribution in [2.75, 3.05) is 19.6 Å². The van der Waals surface area contributed by atoms with Gasteiger partial charge < -0.3 is 10.2 Å². The normalized spacial score (nSPS) is 16.1. The fraction of sp³-hybridized carbons (Fsp3) is 0.556. The van der Waals surface area contributed by atoms with Gasteiger partial charge in [0, 0.05) is 45.0 Å². The highest BCUT2D eigenvalue weighted by molar-refractivity contribution is 5.76. The van der Waals surface area contributed by atoms with E-state index >= 15 is 0 Å². The third-order valence-electron chi connectivity index (χ3n) is 2.51. The van der Waals surface area contributed by atoms with E-state index in [0.717, 1.165) is 31.7 Å². The molecule has 2 heterocycles. The SMILES string of the molecule is Cn1nccc1CCN1CCNC1=O. The Hall–Kier alpha value is -1.52. The van der Waals surface area contributed by atoms with Gasteiger partial charge in [0.15, 0.2) is 0 Å². The fourth-order valence-corrected chi connectivity index (χ4v) is 1.62. The van der Waals surface area contributed by atoms with Crippen molar-refractivity contribution in [3.63, 3.8) is 0 Å². The zero-order valence-corrected chi connectivity index (χ0v) is 8.23. The molecular formula is C9H14N4O. The maximum absolute atomic E-state index is 11.2. The summed E-state index contributed by atoms with van der Waals surface area (Å²) >= 11 is 0. The first-order chi connectivity index (χ1) is 6.77. The van der Waals surface area contributed by atoms with Crippen molar-refractivity contribution in [2.45, 2.75) is 6.42 Å². The summed E-state index contributed by atoms with van der Waals surface area (Å²) in [5.41, 5.74) is 1.16. The average Bonchev–Trinajstić information content (AvgIpc) is 2.72. The lowest BCUT2D eigenvalue weighted by Gasteiger charge is -2.13. The molecule has 0 saturated carbocycles. The highest BCUT2D eigenvalue weighted by Gasteiger charge is 2.18. The van der Waals surface area contributed by atoms with Gasteiger partial charge in [0.25, 0.3) is 0 Å². The van der Waals surface area contributed by atoms with Gasteiger partial charge >= 0.3 is 6.03 Å². The molecule has 2 rings (SSSR count). The van der Waals surface area contributed by atoms with Gasteiger partial charge in [-0.1, -0.05) is 0 Å². The van der Waals surface area contributed by atoms with Crippen molar-refractivity contribution in [2.24, 2.45) is 7.05 Å². The fourth-order valence-electron chi connectivity index (χ4n) is 1.62. The van der Waals surface area contributed by atoms with Crippen LogP contribution in [0.5, 0.6) is 0 Å². The molecule has 14 heavy (non-hydrogen) atoms. The number of aryl methyl sites for hydroxylation is 1. The maximum Gasteiger partial charge on any atom is 0.317 e. The number of nitrogens with zero attached hydrogens (tertiary/aromatic N) is 3. The van der Waals surface area contributed by atoms with Crippen molar-refractivity contribution < 1.29 is 4.79 Å². The second kappa shape index (κ2) is 3.69. The summed E-state index contributed by atoms with van der Waals surface area (Å²) in [5, 5.41) is 6.86. The quantitative estimate of drug-likeness (QED) is 0.735. The summed E-state index contributed by atoms with van der Waals surface area (Å²) < 4.78 is 1.84. The van der Waals surface area contributed by atoms with Crippen molar-refractivity contribution in [3.8, 4) is 0 Å². The maximum atomic E-state index is 11.2. The molecule has 1 saturated heterocycles. The van der Waals surface area contributed by atoms with Crippen molar-refractivity contribution in [1.29, 1.82) is 0 Å². The summed E-state index contributed by atoms with van der Waals surface area (Å²) in [5.74, 6) is 0. The predicted octanol–water partition coefficient (Wildman–Crippen LogP) is -0.0122. The van der Waals surface area contributed by atoms with Crippen LogP contribution in [-0.2, 0) is 13.5 Å². The summed E-state index contributed by atoms with van der Waals surface area (Å²) in [7, 11) is 1.92. The lowest BCUT2D eigenvalue weighted by atomic mass is 10.3. The van der Waals surface area contributed by atoms with Gasteiger partial charge in [-0.25, -0.2) is 4.79 Å². The summed E-state index contributed by atoms with van der Waals surface area (Å²) in [6.07, 6.45) is 2.64. The van der Waals surface area contributed by atoms with Gasteiger partial charge in [-0.15, -0.1) is 0 Å². The van der Waals surface area contributed by atoms with Crippen LogP contribution in [0.2, 0.25) is 0 Å². The van der Waals surface area contributed by atoms with E-state index in [1.54, 1.807) is 6.20 Å². The number of hydrogen-bond acceptors (Lipinski definition) is 2. The third kappa shape index (κ3) is 1.71. The molecule has 0 bridgehead atoms. The molecule has 1 aromatic rings. The zero-order chi connectivity index (χ0) is 9.97. The van der Waals surface area contributed by atoms with Crippen LogP contribution in [-0.4, -0.2) is 40.3 Å². The van der Waals surface area contributed by atoms with Crippen LogP contribution in [0.3, 0.4) is 0 Å². The number of amides is 2. The van der Waals surface area contributed by atoms with E-state index in [4.69, 9.17) is 0 Å². The van der Waals surface area contributed by atoms with E-state index in [2.05, 4.69) is 10.4 Å². The molecule has 0 aromatic carbocycles. The molecule has 1 fully saturated rings. The van der Waals surface area contributed by atoms with Gasteiger partial charge in [-0.3, -0.25) is 4.68 Å². The van der Waals surface area contributed by atoms with E-state index in [0.29, 0.717) is 0 Å². The first-order valence-corrected chi connectivity index (χ1v) is 4.77. The largest absolute Gasteiger partial charge is 0.336 e. The Balaban J connectivity index is 1.88. The molecule has 0 aliphatic carbocycles. The molecule has 5 nitrogen and oxygen atoms in total. The highest BCUT2D eigenvalue weighted by Crippen LogP contribution is 2.02. The Kier molecular flexibility index (Phi) is 2.39. The topological polar surface area (TPSA) is 50.2 Å². The number of carbonyl (C=O) groups is 1. The number of rotatable bonds is 3. The lowest BCUT2D eigenvalue weighted by Crippen LogP contribution is -2.30. The van der Waals surface area contributed by atoms with Crippen LogP contribution in [0.15, 0.2) is 12.3 Å². The van der Waals surface area contributed by atoms with E-state index in [-0.39, 0.29) is 6.03 Å². The van der Waals surface area contributed by atoms with Crippen LogP contribution >= 0.6 is 0 Å². The number of aromatic nitrogens is 2. The molecule has 0 unspecified atom stereocenters. The second-order valence-corrected chi connectivity index (χ2v) is 3.42. The molecule has 5 heteroatoms. The van der Waals surface area contributed by atoms with Gasteiger partial charge in [-0.05, 0) is 6.07 Å². The van der Waals surface area contributed by atoms with Crippen molar-refractivity contribution in [3.05, 3.63) is 18.0 Å². The predicted molar refractivity (Wildman–Crippen MR) is 51.9 cm³/mol. The molecule has 2 amide bonds. The first kappa shape index (κ1) is 9.05. The van der Waals surface area contributed by atoms with E-state index in [9.17, 15) is 4.79 Å². The molecule has 1 N–H and O–H groups in total. The van der Waals surface area contributed by atoms with Crippen molar-refractivity contribution in [1.82, 2.24) is 20.0 Å². The molecular weight excluding hydrogens is 180 g/mol. The number of hydrogen-bond donors (Lipinski definition) is 1. The van der Waals surface area contributed by atoms with Gasteiger partial charge in [0.2, 0.25) is 0 Å². The van der Waals surface area contributed by atoms with Gasteiger partial charge in [0.05, 0.1) is 0 Å². The Morgan fingerprint density at radius 3 is 3.07 bits per heavy atom. The molecule has 1 aromatic heterocycles. The Morgan fingerprint density at radius 2 is 2.50 bits per heavy atom.